The van der Waals surface area contributed by atoms with Crippen molar-refractivity contribution in [3.8, 4) is 12.3 Å². The maximum atomic E-state index is 12.0. The van der Waals surface area contributed by atoms with Crippen LogP contribution in [0, 0.1) is 18.3 Å². The number of aliphatic carboxylic acids is 1. The summed E-state index contributed by atoms with van der Waals surface area (Å²) < 4.78 is 0. The Hall–Kier alpha value is -1.70. The molecule has 0 aliphatic heterocycles. The molecule has 1 aliphatic carbocycles. The molecule has 2 N–H and O–H groups in total. The Kier molecular flexibility index (Phi) is 6.20. The van der Waals surface area contributed by atoms with Gasteiger partial charge < -0.3 is 15.3 Å². The molecule has 19 heavy (non-hydrogen) atoms. The van der Waals surface area contributed by atoms with Crippen LogP contribution in [0.4, 0.5) is 4.79 Å². The van der Waals surface area contributed by atoms with Crippen LogP contribution in [-0.2, 0) is 4.79 Å². The van der Waals surface area contributed by atoms with E-state index >= 15 is 0 Å². The van der Waals surface area contributed by atoms with Gasteiger partial charge in [0.15, 0.2) is 0 Å². The van der Waals surface area contributed by atoms with Gasteiger partial charge in [-0.1, -0.05) is 5.92 Å². The molecule has 0 aromatic rings. The molecule has 0 spiro atoms. The number of carboxylic acids is 1. The van der Waals surface area contributed by atoms with Gasteiger partial charge in [-0.3, -0.25) is 4.79 Å². The number of carboxylic acid groups (broad SMARTS) is 1. The predicted octanol–water partition coefficient (Wildman–Crippen LogP) is 1.68. The first-order valence-corrected chi connectivity index (χ1v) is 6.73. The van der Waals surface area contributed by atoms with E-state index in [2.05, 4.69) is 11.2 Å². The Morgan fingerprint density at radius 1 is 1.53 bits per heavy atom. The molecule has 0 radical (unpaired) electrons. The van der Waals surface area contributed by atoms with Crippen molar-refractivity contribution in [2.24, 2.45) is 5.92 Å². The number of amides is 2. The van der Waals surface area contributed by atoms with Crippen molar-refractivity contribution in [1.82, 2.24) is 10.2 Å². The summed E-state index contributed by atoms with van der Waals surface area (Å²) in [5.41, 5.74) is 0. The normalized spacial score (nSPS) is 15.4. The van der Waals surface area contributed by atoms with E-state index in [0.29, 0.717) is 25.3 Å². The van der Waals surface area contributed by atoms with Gasteiger partial charge in [0, 0.05) is 19.0 Å². The van der Waals surface area contributed by atoms with E-state index in [9.17, 15) is 9.59 Å². The Balaban J connectivity index is 2.29. The SMILES string of the molecule is C#CCN(CC1CC1)C(=O)NC(C)CCCC(=O)O. The number of terminal acetylenes is 1. The Bertz CT molecular complexity index is 358. The molecule has 2 amide bonds. The third kappa shape index (κ3) is 6.70. The van der Waals surface area contributed by atoms with Crippen LogP contribution in [0.5, 0.6) is 0 Å². The number of hydrogen-bond acceptors (Lipinski definition) is 2. The first kappa shape index (κ1) is 15.4. The molecule has 0 aromatic carbocycles. The lowest BCUT2D eigenvalue weighted by Gasteiger charge is -2.23. The number of nitrogens with one attached hydrogen (secondary N) is 1. The molecule has 0 saturated heterocycles. The van der Waals surface area contributed by atoms with Crippen LogP contribution in [0.2, 0.25) is 0 Å². The Morgan fingerprint density at radius 3 is 2.74 bits per heavy atom. The maximum absolute atomic E-state index is 12.0. The van der Waals surface area contributed by atoms with Crippen LogP contribution in [0.3, 0.4) is 0 Å². The highest BCUT2D eigenvalue weighted by Crippen LogP contribution is 2.29. The van der Waals surface area contributed by atoms with E-state index < -0.39 is 5.97 Å². The molecular formula is C14H22N2O3. The van der Waals surface area contributed by atoms with E-state index in [1.54, 1.807) is 4.90 Å². The smallest absolute Gasteiger partial charge is 0.318 e. The van der Waals surface area contributed by atoms with Crippen molar-refractivity contribution in [3.05, 3.63) is 0 Å². The second kappa shape index (κ2) is 7.67. The third-order valence-corrected chi connectivity index (χ3v) is 3.14. The number of urea groups is 1. The van der Waals surface area contributed by atoms with E-state index in [1.165, 1.54) is 12.8 Å². The van der Waals surface area contributed by atoms with E-state index in [4.69, 9.17) is 11.5 Å². The van der Waals surface area contributed by atoms with Crippen molar-refractivity contribution in [3.63, 3.8) is 0 Å². The summed E-state index contributed by atoms with van der Waals surface area (Å²) >= 11 is 0. The van der Waals surface area contributed by atoms with Crippen LogP contribution >= 0.6 is 0 Å². The molecule has 0 aromatic heterocycles. The van der Waals surface area contributed by atoms with Crippen molar-refractivity contribution in [2.75, 3.05) is 13.1 Å². The number of carbonyl (C=O) groups excluding carboxylic acids is 1. The molecule has 0 heterocycles. The van der Waals surface area contributed by atoms with Gasteiger partial charge in [0.25, 0.3) is 0 Å². The van der Waals surface area contributed by atoms with Crippen LogP contribution in [0.25, 0.3) is 0 Å². The van der Waals surface area contributed by atoms with Crippen LogP contribution < -0.4 is 5.32 Å². The van der Waals surface area contributed by atoms with Gasteiger partial charge in [-0.05, 0) is 38.5 Å². The molecule has 1 atom stereocenters. The van der Waals surface area contributed by atoms with E-state index in [1.807, 2.05) is 6.92 Å². The van der Waals surface area contributed by atoms with Gasteiger partial charge in [-0.15, -0.1) is 6.42 Å². The maximum Gasteiger partial charge on any atom is 0.318 e. The molecule has 1 unspecified atom stereocenters. The predicted molar refractivity (Wildman–Crippen MR) is 72.6 cm³/mol. The highest BCUT2D eigenvalue weighted by atomic mass is 16.4. The van der Waals surface area contributed by atoms with Crippen LogP contribution in [0.1, 0.15) is 39.0 Å². The zero-order chi connectivity index (χ0) is 14.3. The fourth-order valence-electron chi connectivity index (χ4n) is 1.88. The van der Waals surface area contributed by atoms with Crippen LogP contribution in [-0.4, -0.2) is 41.1 Å². The minimum atomic E-state index is -0.804. The molecule has 1 saturated carbocycles. The summed E-state index contributed by atoms with van der Waals surface area (Å²) in [6.07, 6.45) is 8.97. The average Bonchev–Trinajstić information content (AvgIpc) is 3.11. The molecule has 1 aliphatic rings. The van der Waals surface area contributed by atoms with Gasteiger partial charge in [0.1, 0.15) is 0 Å². The summed E-state index contributed by atoms with van der Waals surface area (Å²) in [7, 11) is 0. The number of rotatable bonds is 8. The molecule has 5 heteroatoms. The summed E-state index contributed by atoms with van der Waals surface area (Å²) in [5, 5.41) is 11.4. The number of hydrogen-bond donors (Lipinski definition) is 2. The lowest BCUT2D eigenvalue weighted by molar-refractivity contribution is -0.137. The topological polar surface area (TPSA) is 69.6 Å². The molecule has 1 rings (SSSR count). The van der Waals surface area contributed by atoms with Crippen LogP contribution in [0.15, 0.2) is 0 Å². The molecule has 106 valence electrons. The zero-order valence-electron chi connectivity index (χ0n) is 11.4. The van der Waals surface area contributed by atoms with Crippen molar-refractivity contribution in [1.29, 1.82) is 0 Å². The molecular weight excluding hydrogens is 244 g/mol. The third-order valence-electron chi connectivity index (χ3n) is 3.14. The van der Waals surface area contributed by atoms with E-state index in [0.717, 1.165) is 6.54 Å². The number of carbonyl (C=O) groups is 2. The average molecular weight is 266 g/mol. The molecule has 1 fully saturated rings. The van der Waals surface area contributed by atoms with Gasteiger partial charge in [0.2, 0.25) is 0 Å². The van der Waals surface area contributed by atoms with Crippen molar-refractivity contribution < 1.29 is 14.7 Å². The van der Waals surface area contributed by atoms with Gasteiger partial charge in [-0.25, -0.2) is 4.79 Å². The lowest BCUT2D eigenvalue weighted by atomic mass is 10.1. The largest absolute Gasteiger partial charge is 0.481 e. The first-order chi connectivity index (χ1) is 9.02. The van der Waals surface area contributed by atoms with Gasteiger partial charge in [0.05, 0.1) is 6.54 Å². The monoisotopic (exact) mass is 266 g/mol. The number of nitrogens with zero attached hydrogens (tertiary/aromatic N) is 1. The lowest BCUT2D eigenvalue weighted by Crippen LogP contribution is -2.44. The molecule has 5 nitrogen and oxygen atoms in total. The quantitative estimate of drug-likeness (QED) is 0.657. The minimum absolute atomic E-state index is 0.0358. The van der Waals surface area contributed by atoms with Crippen molar-refractivity contribution >= 4 is 12.0 Å². The summed E-state index contributed by atoms with van der Waals surface area (Å²) in [6, 6.07) is -0.181. The highest BCUT2D eigenvalue weighted by molar-refractivity contribution is 5.74. The standard InChI is InChI=1S/C14H22N2O3/c1-3-9-16(10-12-7-8-12)14(19)15-11(2)5-4-6-13(17)18/h1,11-12H,4-10H2,2H3,(H,15,19)(H,17,18). The summed E-state index contributed by atoms with van der Waals surface area (Å²) in [6.45, 7) is 2.92. The van der Waals surface area contributed by atoms with Gasteiger partial charge >= 0.3 is 12.0 Å². The first-order valence-electron chi connectivity index (χ1n) is 6.73. The van der Waals surface area contributed by atoms with E-state index in [-0.39, 0.29) is 18.5 Å². The highest BCUT2D eigenvalue weighted by Gasteiger charge is 2.26. The van der Waals surface area contributed by atoms with Gasteiger partial charge in [-0.2, -0.15) is 0 Å². The molecule has 0 bridgehead atoms. The summed E-state index contributed by atoms with van der Waals surface area (Å²) in [5.74, 6) is 2.29. The summed E-state index contributed by atoms with van der Waals surface area (Å²) in [4.78, 5) is 24.1. The fraction of sp³-hybridized carbons (Fsp3) is 0.714. The second-order valence-corrected chi connectivity index (χ2v) is 5.16. The fourth-order valence-corrected chi connectivity index (χ4v) is 1.88. The second-order valence-electron chi connectivity index (χ2n) is 5.16. The van der Waals surface area contributed by atoms with Crippen molar-refractivity contribution in [2.45, 2.75) is 45.1 Å². The zero-order valence-corrected chi connectivity index (χ0v) is 11.4. The Morgan fingerprint density at radius 2 is 2.21 bits per heavy atom. The minimum Gasteiger partial charge on any atom is -0.481 e. The Labute approximate surface area is 114 Å².